The first kappa shape index (κ1) is 19.3. The number of halogens is 3. The van der Waals surface area contributed by atoms with E-state index in [1.54, 1.807) is 7.05 Å². The third kappa shape index (κ3) is 5.23. The third-order valence-corrected chi connectivity index (χ3v) is 3.53. The van der Waals surface area contributed by atoms with Gasteiger partial charge in [-0.1, -0.05) is 12.1 Å². The lowest BCUT2D eigenvalue weighted by Gasteiger charge is -2.18. The van der Waals surface area contributed by atoms with E-state index in [-0.39, 0.29) is 19.1 Å². The molecule has 2 aromatic rings. The molecule has 5 nitrogen and oxygen atoms in total. The Morgan fingerprint density at radius 1 is 1.04 bits per heavy atom. The number of ether oxygens (including phenoxy) is 1. The van der Waals surface area contributed by atoms with Crippen LogP contribution in [0.3, 0.4) is 0 Å². The summed E-state index contributed by atoms with van der Waals surface area (Å²) in [5, 5.41) is 0. The van der Waals surface area contributed by atoms with Crippen molar-refractivity contribution in [2.24, 2.45) is 5.73 Å². The highest BCUT2D eigenvalue weighted by Crippen LogP contribution is 2.29. The fourth-order valence-corrected chi connectivity index (χ4v) is 2.21. The van der Waals surface area contributed by atoms with Crippen molar-refractivity contribution >= 4 is 11.8 Å². The zero-order valence-electron chi connectivity index (χ0n) is 13.9. The summed E-state index contributed by atoms with van der Waals surface area (Å²) in [4.78, 5) is 24.4. The third-order valence-electron chi connectivity index (χ3n) is 3.53. The summed E-state index contributed by atoms with van der Waals surface area (Å²) in [6.45, 7) is -0.0992. The normalized spacial score (nSPS) is 11.1. The lowest BCUT2D eigenvalue weighted by Crippen LogP contribution is -2.26. The molecule has 0 aromatic heterocycles. The lowest BCUT2D eigenvalue weighted by atomic mass is 10.1. The highest BCUT2D eigenvalue weighted by molar-refractivity contribution is 5.94. The standard InChI is InChI=1S/C18H17F3N2O3/c1-23(10-12-2-6-14(7-3-12)18(19,20)21)17(25)13-4-8-15(9-5-13)26-11-16(22)24/h2-9H,10-11H2,1H3,(H2,22,24). The van der Waals surface area contributed by atoms with Gasteiger partial charge in [0.2, 0.25) is 0 Å². The molecule has 2 aromatic carbocycles. The number of benzene rings is 2. The van der Waals surface area contributed by atoms with Crippen LogP contribution in [0, 0.1) is 0 Å². The van der Waals surface area contributed by atoms with Gasteiger partial charge in [0.15, 0.2) is 6.61 Å². The van der Waals surface area contributed by atoms with Crippen LogP contribution >= 0.6 is 0 Å². The topological polar surface area (TPSA) is 72.6 Å². The number of carbonyl (C=O) groups is 2. The van der Waals surface area contributed by atoms with E-state index < -0.39 is 17.6 Å². The fraction of sp³-hybridized carbons (Fsp3) is 0.222. The van der Waals surface area contributed by atoms with Gasteiger partial charge in [-0.15, -0.1) is 0 Å². The van der Waals surface area contributed by atoms with E-state index in [9.17, 15) is 22.8 Å². The van der Waals surface area contributed by atoms with E-state index in [1.807, 2.05) is 0 Å². The van der Waals surface area contributed by atoms with E-state index in [0.29, 0.717) is 16.9 Å². The van der Waals surface area contributed by atoms with Crippen LogP contribution in [0.25, 0.3) is 0 Å². The van der Waals surface area contributed by atoms with Crippen LogP contribution in [0.15, 0.2) is 48.5 Å². The van der Waals surface area contributed by atoms with Crippen molar-refractivity contribution in [3.63, 3.8) is 0 Å². The predicted octanol–water partition coefficient (Wildman–Crippen LogP) is 2.84. The molecule has 2 N–H and O–H groups in total. The Bertz CT molecular complexity index is 772. The van der Waals surface area contributed by atoms with Crippen molar-refractivity contribution in [1.82, 2.24) is 4.90 Å². The first-order valence-electron chi connectivity index (χ1n) is 7.59. The summed E-state index contributed by atoms with van der Waals surface area (Å²) in [7, 11) is 1.55. The molecule has 138 valence electrons. The van der Waals surface area contributed by atoms with Crippen LogP contribution in [0.1, 0.15) is 21.5 Å². The molecule has 2 rings (SSSR count). The molecule has 0 aliphatic carbocycles. The minimum absolute atomic E-state index is 0.164. The Balaban J connectivity index is 1.99. The number of rotatable bonds is 6. The number of primary amides is 1. The zero-order valence-corrected chi connectivity index (χ0v) is 13.9. The van der Waals surface area contributed by atoms with Gasteiger partial charge in [-0.05, 0) is 42.0 Å². The number of nitrogens with zero attached hydrogens (tertiary/aromatic N) is 1. The second kappa shape index (κ2) is 7.90. The van der Waals surface area contributed by atoms with Crippen molar-refractivity contribution in [3.05, 3.63) is 65.2 Å². The second-order valence-electron chi connectivity index (χ2n) is 5.64. The molecule has 0 saturated carbocycles. The molecular formula is C18H17F3N2O3. The quantitative estimate of drug-likeness (QED) is 0.854. The summed E-state index contributed by atoms with van der Waals surface area (Å²) in [6, 6.07) is 10.8. The van der Waals surface area contributed by atoms with Gasteiger partial charge in [0.1, 0.15) is 5.75 Å². The maximum absolute atomic E-state index is 12.6. The number of nitrogens with two attached hydrogens (primary N) is 1. The van der Waals surface area contributed by atoms with E-state index in [1.165, 1.54) is 41.3 Å². The zero-order chi connectivity index (χ0) is 19.3. The molecule has 0 saturated heterocycles. The Labute approximate surface area is 148 Å². The molecule has 0 radical (unpaired) electrons. The van der Waals surface area contributed by atoms with Gasteiger partial charge in [-0.25, -0.2) is 0 Å². The maximum atomic E-state index is 12.6. The predicted molar refractivity (Wildman–Crippen MR) is 88.4 cm³/mol. The van der Waals surface area contributed by atoms with E-state index in [2.05, 4.69) is 0 Å². The Kier molecular flexibility index (Phi) is 5.86. The molecule has 0 aliphatic heterocycles. The first-order valence-corrected chi connectivity index (χ1v) is 7.59. The molecule has 0 bridgehead atoms. The summed E-state index contributed by atoms with van der Waals surface area (Å²) in [6.07, 6.45) is -4.39. The molecule has 0 aliphatic rings. The van der Waals surface area contributed by atoms with Gasteiger partial charge in [0.05, 0.1) is 5.56 Å². The molecule has 0 fully saturated rings. The Morgan fingerprint density at radius 3 is 2.12 bits per heavy atom. The summed E-state index contributed by atoms with van der Waals surface area (Å²) in [5.74, 6) is -0.515. The average Bonchev–Trinajstić information content (AvgIpc) is 2.59. The van der Waals surface area contributed by atoms with Crippen molar-refractivity contribution in [2.45, 2.75) is 12.7 Å². The number of hydrogen-bond donors (Lipinski definition) is 1. The molecule has 2 amide bonds. The van der Waals surface area contributed by atoms with Gasteiger partial charge < -0.3 is 15.4 Å². The maximum Gasteiger partial charge on any atom is 0.416 e. The number of carbonyl (C=O) groups excluding carboxylic acids is 2. The summed E-state index contributed by atoms with van der Waals surface area (Å²) in [5.41, 5.74) is 5.20. The van der Waals surface area contributed by atoms with Crippen LogP contribution in [0.5, 0.6) is 5.75 Å². The van der Waals surface area contributed by atoms with Crippen LogP contribution < -0.4 is 10.5 Å². The molecule has 0 unspecified atom stereocenters. The van der Waals surface area contributed by atoms with Gasteiger partial charge in [0.25, 0.3) is 11.8 Å². The monoisotopic (exact) mass is 366 g/mol. The van der Waals surface area contributed by atoms with Crippen molar-refractivity contribution in [1.29, 1.82) is 0 Å². The van der Waals surface area contributed by atoms with E-state index in [4.69, 9.17) is 10.5 Å². The SMILES string of the molecule is CN(Cc1ccc(C(F)(F)F)cc1)C(=O)c1ccc(OCC(N)=O)cc1. The minimum Gasteiger partial charge on any atom is -0.484 e. The molecular weight excluding hydrogens is 349 g/mol. The molecule has 26 heavy (non-hydrogen) atoms. The van der Waals surface area contributed by atoms with Gasteiger partial charge in [-0.2, -0.15) is 13.2 Å². The average molecular weight is 366 g/mol. The largest absolute Gasteiger partial charge is 0.484 e. The Hall–Kier alpha value is -3.03. The van der Waals surface area contributed by atoms with Gasteiger partial charge in [-0.3, -0.25) is 9.59 Å². The smallest absolute Gasteiger partial charge is 0.416 e. The van der Waals surface area contributed by atoms with Crippen LogP contribution in [0.2, 0.25) is 0 Å². The number of alkyl halides is 3. The molecule has 8 heteroatoms. The fourth-order valence-electron chi connectivity index (χ4n) is 2.21. The molecule has 0 spiro atoms. The summed E-state index contributed by atoms with van der Waals surface area (Å²) >= 11 is 0. The lowest BCUT2D eigenvalue weighted by molar-refractivity contribution is -0.137. The molecule has 0 atom stereocenters. The van der Waals surface area contributed by atoms with Gasteiger partial charge >= 0.3 is 6.18 Å². The van der Waals surface area contributed by atoms with Crippen molar-refractivity contribution < 1.29 is 27.5 Å². The van der Waals surface area contributed by atoms with Crippen LogP contribution in [-0.4, -0.2) is 30.4 Å². The summed E-state index contributed by atoms with van der Waals surface area (Å²) < 4.78 is 42.8. The van der Waals surface area contributed by atoms with Crippen molar-refractivity contribution in [2.75, 3.05) is 13.7 Å². The van der Waals surface area contributed by atoms with E-state index in [0.717, 1.165) is 12.1 Å². The Morgan fingerprint density at radius 2 is 1.62 bits per heavy atom. The number of amides is 2. The first-order chi connectivity index (χ1) is 12.2. The second-order valence-corrected chi connectivity index (χ2v) is 5.64. The van der Waals surface area contributed by atoms with E-state index >= 15 is 0 Å². The number of hydrogen-bond acceptors (Lipinski definition) is 3. The van der Waals surface area contributed by atoms with Crippen molar-refractivity contribution in [3.8, 4) is 5.75 Å². The molecule has 0 heterocycles. The highest BCUT2D eigenvalue weighted by Gasteiger charge is 2.30. The highest BCUT2D eigenvalue weighted by atomic mass is 19.4. The van der Waals surface area contributed by atoms with Crippen LogP contribution in [-0.2, 0) is 17.5 Å². The van der Waals surface area contributed by atoms with Crippen LogP contribution in [0.4, 0.5) is 13.2 Å². The minimum atomic E-state index is -4.39. The van der Waals surface area contributed by atoms with Gasteiger partial charge in [0, 0.05) is 19.2 Å².